The lowest BCUT2D eigenvalue weighted by Crippen LogP contribution is -2.22. The van der Waals surface area contributed by atoms with Gasteiger partial charge in [0.1, 0.15) is 5.69 Å². The van der Waals surface area contributed by atoms with Crippen molar-refractivity contribution in [3.8, 4) is 5.69 Å². The van der Waals surface area contributed by atoms with E-state index in [9.17, 15) is 4.79 Å². The number of nitrogens with zero attached hydrogens (tertiary/aromatic N) is 4. The minimum Gasteiger partial charge on any atom is -0.301 e. The molecule has 1 aromatic heterocycles. The summed E-state index contributed by atoms with van der Waals surface area (Å²) in [6.45, 7) is 0. The first-order chi connectivity index (χ1) is 12.3. The highest BCUT2D eigenvalue weighted by atomic mass is 32.2. The van der Waals surface area contributed by atoms with Crippen molar-refractivity contribution in [2.45, 2.75) is 38.1 Å². The van der Waals surface area contributed by atoms with Crippen molar-refractivity contribution in [2.75, 3.05) is 0 Å². The summed E-state index contributed by atoms with van der Waals surface area (Å²) in [5.41, 5.74) is 1.54. The first-order valence-electron chi connectivity index (χ1n) is 8.54. The van der Waals surface area contributed by atoms with Crippen LogP contribution < -0.4 is 5.32 Å². The summed E-state index contributed by atoms with van der Waals surface area (Å²) in [5, 5.41) is 12.2. The maximum Gasteiger partial charge on any atom is 0.264 e. The molecule has 2 aliphatic rings. The molecule has 1 aliphatic carbocycles. The third kappa shape index (κ3) is 3.82. The predicted octanol–water partition coefficient (Wildman–Crippen LogP) is 3.16. The van der Waals surface area contributed by atoms with Crippen LogP contribution in [0.3, 0.4) is 0 Å². The molecule has 0 unspecified atom stereocenters. The highest BCUT2D eigenvalue weighted by molar-refractivity contribution is 8.18. The van der Waals surface area contributed by atoms with Gasteiger partial charge in [-0.3, -0.25) is 9.79 Å². The van der Waals surface area contributed by atoms with Crippen LogP contribution >= 0.6 is 11.8 Å². The van der Waals surface area contributed by atoms with Gasteiger partial charge in [0.25, 0.3) is 5.91 Å². The van der Waals surface area contributed by atoms with Crippen LogP contribution in [0.1, 0.15) is 37.8 Å². The maximum atomic E-state index is 12.2. The van der Waals surface area contributed by atoms with Crippen molar-refractivity contribution in [1.82, 2.24) is 20.3 Å². The molecule has 1 aliphatic heterocycles. The van der Waals surface area contributed by atoms with Crippen LogP contribution in [0, 0.1) is 0 Å². The number of carbonyl (C=O) groups is 1. The van der Waals surface area contributed by atoms with Crippen LogP contribution in [0.2, 0.25) is 0 Å². The Morgan fingerprint density at radius 1 is 1.20 bits per heavy atom. The van der Waals surface area contributed by atoms with Gasteiger partial charge in [0.05, 0.1) is 22.8 Å². The molecule has 1 saturated heterocycles. The first kappa shape index (κ1) is 16.1. The second kappa shape index (κ2) is 7.23. The summed E-state index contributed by atoms with van der Waals surface area (Å²) in [6, 6.07) is 10.0. The molecule has 7 heteroatoms. The van der Waals surface area contributed by atoms with E-state index >= 15 is 0 Å². The van der Waals surface area contributed by atoms with E-state index in [-0.39, 0.29) is 5.91 Å². The number of carbonyl (C=O) groups excluding carboxylic acids is 1. The smallest absolute Gasteiger partial charge is 0.264 e. The molecular weight excluding hydrogens is 334 g/mol. The Balaban J connectivity index is 1.49. The van der Waals surface area contributed by atoms with Crippen LogP contribution in [0.15, 0.2) is 46.4 Å². The lowest BCUT2D eigenvalue weighted by molar-refractivity contribution is -0.115. The summed E-state index contributed by atoms with van der Waals surface area (Å²) >= 11 is 1.39. The molecule has 0 bridgehead atoms. The largest absolute Gasteiger partial charge is 0.301 e. The summed E-state index contributed by atoms with van der Waals surface area (Å²) in [4.78, 5) is 19.0. The third-order valence-electron chi connectivity index (χ3n) is 4.30. The molecular formula is C18H19N5OS. The number of aromatic nitrogens is 3. The normalized spacial score (nSPS) is 21.8. The number of amidine groups is 1. The summed E-state index contributed by atoms with van der Waals surface area (Å²) < 4.78 is 0. The van der Waals surface area contributed by atoms with E-state index in [0.717, 1.165) is 18.5 Å². The van der Waals surface area contributed by atoms with Gasteiger partial charge >= 0.3 is 0 Å². The molecule has 4 rings (SSSR count). The van der Waals surface area contributed by atoms with Crippen LogP contribution in [0.4, 0.5) is 0 Å². The van der Waals surface area contributed by atoms with Crippen molar-refractivity contribution < 1.29 is 4.79 Å². The van der Waals surface area contributed by atoms with Gasteiger partial charge in [-0.2, -0.15) is 9.90 Å². The molecule has 2 heterocycles. The molecule has 25 heavy (non-hydrogen) atoms. The number of aliphatic imine (C=N–C) groups is 1. The second-order valence-corrected chi connectivity index (χ2v) is 7.22. The van der Waals surface area contributed by atoms with E-state index in [0.29, 0.717) is 21.8 Å². The number of hydrogen-bond acceptors (Lipinski definition) is 5. The molecule has 2 aromatic rings. The minimum absolute atomic E-state index is 0.117. The zero-order valence-corrected chi connectivity index (χ0v) is 14.6. The quantitative estimate of drug-likeness (QED) is 0.861. The molecule has 128 valence electrons. The molecule has 1 aromatic carbocycles. The summed E-state index contributed by atoms with van der Waals surface area (Å²) in [6.07, 6.45) is 9.40. The number of para-hydroxylation sites is 1. The number of hydrogen-bond donors (Lipinski definition) is 1. The van der Waals surface area contributed by atoms with Gasteiger partial charge < -0.3 is 5.32 Å². The Hall–Kier alpha value is -2.41. The Bertz CT molecular complexity index is 821. The van der Waals surface area contributed by atoms with E-state index in [2.05, 4.69) is 15.5 Å². The van der Waals surface area contributed by atoms with Crippen molar-refractivity contribution in [2.24, 2.45) is 4.99 Å². The van der Waals surface area contributed by atoms with E-state index in [1.165, 1.54) is 31.0 Å². The van der Waals surface area contributed by atoms with Gasteiger partial charge in [-0.05, 0) is 42.8 Å². The van der Waals surface area contributed by atoms with Crippen LogP contribution in [0.5, 0.6) is 0 Å². The molecule has 0 radical (unpaired) electrons. The SMILES string of the molecule is O=C1NC(=NC2CCCCC2)SC1=Cc1cnn(-c2ccccc2)n1. The molecule has 1 N–H and O–H groups in total. The van der Waals surface area contributed by atoms with Gasteiger partial charge in [-0.1, -0.05) is 37.5 Å². The van der Waals surface area contributed by atoms with E-state index in [1.807, 2.05) is 30.3 Å². The number of rotatable bonds is 3. The molecule has 1 amide bonds. The lowest BCUT2D eigenvalue weighted by Gasteiger charge is -2.17. The van der Waals surface area contributed by atoms with Crippen molar-refractivity contribution in [3.05, 3.63) is 47.1 Å². The predicted molar refractivity (Wildman–Crippen MR) is 99.4 cm³/mol. The van der Waals surface area contributed by atoms with Gasteiger partial charge in [0, 0.05) is 0 Å². The molecule has 2 fully saturated rings. The highest BCUT2D eigenvalue weighted by Gasteiger charge is 2.25. The number of thioether (sulfide) groups is 1. The monoisotopic (exact) mass is 353 g/mol. The Morgan fingerprint density at radius 3 is 2.80 bits per heavy atom. The van der Waals surface area contributed by atoms with E-state index in [1.54, 1.807) is 17.1 Å². The minimum atomic E-state index is -0.117. The van der Waals surface area contributed by atoms with Crippen molar-refractivity contribution in [1.29, 1.82) is 0 Å². The Morgan fingerprint density at radius 2 is 2.00 bits per heavy atom. The molecule has 0 spiro atoms. The fourth-order valence-electron chi connectivity index (χ4n) is 3.03. The zero-order chi connectivity index (χ0) is 17.1. The Labute approximate surface area is 150 Å². The van der Waals surface area contributed by atoms with Crippen LogP contribution in [-0.4, -0.2) is 32.1 Å². The Kier molecular flexibility index (Phi) is 4.65. The fraction of sp³-hybridized carbons (Fsp3) is 0.333. The van der Waals surface area contributed by atoms with Crippen LogP contribution in [-0.2, 0) is 4.79 Å². The average molecular weight is 353 g/mol. The van der Waals surface area contributed by atoms with Gasteiger partial charge in [0.2, 0.25) is 0 Å². The average Bonchev–Trinajstić information content (AvgIpc) is 3.24. The number of amides is 1. The summed E-state index contributed by atoms with van der Waals surface area (Å²) in [7, 11) is 0. The lowest BCUT2D eigenvalue weighted by atomic mass is 9.96. The number of benzene rings is 1. The maximum absolute atomic E-state index is 12.2. The topological polar surface area (TPSA) is 72.2 Å². The van der Waals surface area contributed by atoms with Gasteiger partial charge in [-0.25, -0.2) is 0 Å². The first-order valence-corrected chi connectivity index (χ1v) is 9.36. The highest BCUT2D eigenvalue weighted by Crippen LogP contribution is 2.28. The number of nitrogens with one attached hydrogen (secondary N) is 1. The molecule has 1 saturated carbocycles. The van der Waals surface area contributed by atoms with Gasteiger partial charge in [0.15, 0.2) is 5.17 Å². The standard InChI is InChI=1S/C18H19N5OS/c24-17-16(25-18(21-17)20-13-7-3-1-4-8-13)11-14-12-19-23(22-14)15-9-5-2-6-10-15/h2,5-6,9-13H,1,3-4,7-8H2,(H,20,21,24). The van der Waals surface area contributed by atoms with E-state index in [4.69, 9.17) is 4.99 Å². The third-order valence-corrected chi connectivity index (χ3v) is 5.23. The fourth-order valence-corrected chi connectivity index (χ4v) is 3.90. The molecule has 6 nitrogen and oxygen atoms in total. The second-order valence-electron chi connectivity index (χ2n) is 6.19. The van der Waals surface area contributed by atoms with Crippen molar-refractivity contribution in [3.63, 3.8) is 0 Å². The summed E-state index contributed by atoms with van der Waals surface area (Å²) in [5.74, 6) is -0.117. The van der Waals surface area contributed by atoms with Crippen LogP contribution in [0.25, 0.3) is 11.8 Å². The van der Waals surface area contributed by atoms with Crippen molar-refractivity contribution >= 4 is 28.9 Å². The zero-order valence-electron chi connectivity index (χ0n) is 13.8. The van der Waals surface area contributed by atoms with E-state index < -0.39 is 0 Å². The van der Waals surface area contributed by atoms with Gasteiger partial charge in [-0.15, -0.1) is 5.10 Å². The molecule has 0 atom stereocenters.